The van der Waals surface area contributed by atoms with Gasteiger partial charge in [0.1, 0.15) is 53.7 Å². The summed E-state index contributed by atoms with van der Waals surface area (Å²) in [5, 5.41) is 28.8. The summed E-state index contributed by atoms with van der Waals surface area (Å²) < 4.78 is 69.2. The third kappa shape index (κ3) is 24.7. The van der Waals surface area contributed by atoms with E-state index in [1.165, 1.54) is 16.7 Å². The number of aliphatic hydroxyl groups excluding tert-OH is 3. The van der Waals surface area contributed by atoms with E-state index in [1.54, 1.807) is 0 Å². The van der Waals surface area contributed by atoms with Gasteiger partial charge in [-0.1, -0.05) is 70.5 Å². The van der Waals surface area contributed by atoms with Gasteiger partial charge in [0.25, 0.3) is 0 Å². The zero-order chi connectivity index (χ0) is 51.8. The molecule has 418 valence electrons. The third-order valence-corrected chi connectivity index (χ3v) is 13.0. The molecule has 74 heavy (non-hydrogen) atoms. The van der Waals surface area contributed by atoms with E-state index in [4.69, 9.17) is 28.4 Å². The van der Waals surface area contributed by atoms with E-state index in [1.807, 2.05) is 57.2 Å². The van der Waals surface area contributed by atoms with Crippen molar-refractivity contribution in [2.24, 2.45) is 15.0 Å². The molecule has 0 amide bonds. The first-order valence-electron chi connectivity index (χ1n) is 26.3. The molecule has 12 nitrogen and oxygen atoms in total. The molecular formula is C59H92F3N3O9. The standard InChI is InChI=1S/3C19H28FNO3.2CH4/c3*1-16-21-19(14-22,15-24-16)11-10-17-6-8-18(9-7-17)23-13-5-3-2-4-12-20;;/h3*6-9,22H,2-5,10-15H2,1H3;2*1H4/t2*19-;;;/m10.../s1. The number of aliphatic imine (C=N–C) groups is 3. The van der Waals surface area contributed by atoms with Gasteiger partial charge in [-0.3, -0.25) is 13.2 Å². The lowest BCUT2D eigenvalue weighted by Gasteiger charge is -2.21. The van der Waals surface area contributed by atoms with Gasteiger partial charge in [-0.15, -0.1) is 0 Å². The van der Waals surface area contributed by atoms with Crippen LogP contribution in [-0.4, -0.2) is 129 Å². The van der Waals surface area contributed by atoms with E-state index in [9.17, 15) is 28.5 Å². The maximum absolute atomic E-state index is 12.0. The molecule has 3 atom stereocenters. The number of aliphatic hydroxyl groups is 3. The smallest absolute Gasteiger partial charge is 0.180 e. The molecule has 0 aliphatic carbocycles. The summed E-state index contributed by atoms with van der Waals surface area (Å²) in [5.41, 5.74) is 2.12. The Hall–Kier alpha value is -4.86. The van der Waals surface area contributed by atoms with Crippen molar-refractivity contribution < 1.29 is 56.9 Å². The Morgan fingerprint density at radius 3 is 0.851 bits per heavy atom. The fourth-order valence-electron chi connectivity index (χ4n) is 8.38. The van der Waals surface area contributed by atoms with Gasteiger partial charge in [0, 0.05) is 20.8 Å². The van der Waals surface area contributed by atoms with Crippen LogP contribution in [0, 0.1) is 0 Å². The van der Waals surface area contributed by atoms with Gasteiger partial charge in [0.2, 0.25) is 0 Å². The van der Waals surface area contributed by atoms with Crippen LogP contribution in [0.15, 0.2) is 87.8 Å². The first-order chi connectivity index (χ1) is 35.0. The minimum absolute atomic E-state index is 0. The Morgan fingerprint density at radius 2 is 0.649 bits per heavy atom. The Kier molecular flexibility index (Phi) is 32.6. The average molecular weight is 1040 g/mol. The highest BCUT2D eigenvalue weighted by molar-refractivity contribution is 5.76. The SMILES string of the molecule is C.C.CC1=NC(CO)(CCc2ccc(OCCCCCCF)cc2)CO1.CC1=N[C@@](CO)(CCc2ccc(OCCCCCCF)cc2)CO1.CC1=N[C@](CO)(CCc2ccc(OCCCCCCF)cc2)CO1. The molecule has 0 fully saturated rings. The van der Waals surface area contributed by atoms with E-state index in [0.29, 0.717) is 76.6 Å². The maximum Gasteiger partial charge on any atom is 0.180 e. The summed E-state index contributed by atoms with van der Waals surface area (Å²) in [6.45, 7) is 8.19. The second kappa shape index (κ2) is 37.0. The number of ether oxygens (including phenoxy) is 6. The van der Waals surface area contributed by atoms with E-state index in [0.717, 1.165) is 114 Å². The van der Waals surface area contributed by atoms with Crippen molar-refractivity contribution in [2.75, 3.05) is 79.5 Å². The van der Waals surface area contributed by atoms with E-state index in [-0.39, 0.29) is 54.7 Å². The van der Waals surface area contributed by atoms with Gasteiger partial charge in [0.05, 0.1) is 59.7 Å². The number of hydrogen-bond acceptors (Lipinski definition) is 12. The van der Waals surface area contributed by atoms with Crippen LogP contribution >= 0.6 is 0 Å². The van der Waals surface area contributed by atoms with Crippen LogP contribution in [-0.2, 0) is 33.5 Å². The molecule has 0 saturated heterocycles. The minimum Gasteiger partial charge on any atom is -0.494 e. The summed E-state index contributed by atoms with van der Waals surface area (Å²) in [7, 11) is 0. The molecule has 15 heteroatoms. The number of hydrogen-bond donors (Lipinski definition) is 3. The van der Waals surface area contributed by atoms with Crippen LogP contribution in [0.1, 0.15) is 149 Å². The first kappa shape index (κ1) is 65.3. The lowest BCUT2D eigenvalue weighted by atomic mass is 9.94. The second-order valence-corrected chi connectivity index (χ2v) is 19.2. The van der Waals surface area contributed by atoms with Crippen molar-refractivity contribution in [3.63, 3.8) is 0 Å². The quantitative estimate of drug-likeness (QED) is 0.0506. The number of unbranched alkanes of at least 4 members (excludes halogenated alkanes) is 9. The fraction of sp³-hybridized carbons (Fsp3) is 0.644. The predicted octanol–water partition coefficient (Wildman–Crippen LogP) is 12.4. The van der Waals surface area contributed by atoms with Crippen molar-refractivity contribution in [1.29, 1.82) is 0 Å². The highest BCUT2D eigenvalue weighted by atomic mass is 19.1. The highest BCUT2D eigenvalue weighted by Gasteiger charge is 2.36. The van der Waals surface area contributed by atoms with Crippen molar-refractivity contribution in [3.8, 4) is 17.2 Å². The number of rotatable bonds is 33. The molecule has 3 aromatic rings. The van der Waals surface area contributed by atoms with Crippen molar-refractivity contribution in [2.45, 2.75) is 168 Å². The third-order valence-electron chi connectivity index (χ3n) is 13.0. The predicted molar refractivity (Wildman–Crippen MR) is 294 cm³/mol. The molecule has 0 saturated carbocycles. The molecule has 0 aromatic heterocycles. The Bertz CT molecular complexity index is 1780. The first-order valence-corrected chi connectivity index (χ1v) is 26.3. The van der Waals surface area contributed by atoms with Gasteiger partial charge in [-0.05, 0) is 149 Å². The van der Waals surface area contributed by atoms with Crippen molar-refractivity contribution in [3.05, 3.63) is 89.5 Å². The summed E-state index contributed by atoms with van der Waals surface area (Å²) in [6.07, 6.45) is 15.4. The zero-order valence-electron chi connectivity index (χ0n) is 43.4. The molecule has 1 unspecified atom stereocenters. The highest BCUT2D eigenvalue weighted by Crippen LogP contribution is 2.28. The normalized spacial score (nSPS) is 19.3. The molecule has 6 rings (SSSR count). The number of alkyl halides is 3. The van der Waals surface area contributed by atoms with Gasteiger partial charge in [0.15, 0.2) is 17.7 Å². The molecule has 0 radical (unpaired) electrons. The topological polar surface area (TPSA) is 153 Å². The molecular weight excluding hydrogens is 952 g/mol. The van der Waals surface area contributed by atoms with E-state index < -0.39 is 16.6 Å². The van der Waals surface area contributed by atoms with Crippen molar-refractivity contribution >= 4 is 17.7 Å². The van der Waals surface area contributed by atoms with Crippen LogP contribution in [0.4, 0.5) is 13.2 Å². The van der Waals surface area contributed by atoms with Crippen molar-refractivity contribution in [1.82, 2.24) is 0 Å². The maximum atomic E-state index is 12.0. The Morgan fingerprint density at radius 1 is 0.405 bits per heavy atom. The summed E-state index contributed by atoms with van der Waals surface area (Å²) in [5.74, 6) is 4.54. The van der Waals surface area contributed by atoms with Gasteiger partial charge >= 0.3 is 0 Å². The van der Waals surface area contributed by atoms with E-state index >= 15 is 0 Å². The summed E-state index contributed by atoms with van der Waals surface area (Å²) in [6, 6.07) is 24.2. The Labute approximate surface area is 442 Å². The van der Waals surface area contributed by atoms with Crippen LogP contribution in [0.2, 0.25) is 0 Å². The van der Waals surface area contributed by atoms with Crippen LogP contribution in [0.25, 0.3) is 0 Å². The largest absolute Gasteiger partial charge is 0.494 e. The lowest BCUT2D eigenvalue weighted by molar-refractivity contribution is 0.150. The second-order valence-electron chi connectivity index (χ2n) is 19.2. The number of halogens is 3. The van der Waals surface area contributed by atoms with Crippen LogP contribution in [0.5, 0.6) is 17.2 Å². The average Bonchev–Trinajstić information content (AvgIpc) is 4.12. The number of benzene rings is 3. The van der Waals surface area contributed by atoms with Crippen LogP contribution in [0.3, 0.4) is 0 Å². The van der Waals surface area contributed by atoms with Gasteiger partial charge < -0.3 is 43.7 Å². The monoisotopic (exact) mass is 1040 g/mol. The van der Waals surface area contributed by atoms with Crippen LogP contribution < -0.4 is 14.2 Å². The minimum atomic E-state index is -0.487. The van der Waals surface area contributed by atoms with Gasteiger partial charge in [-0.25, -0.2) is 15.0 Å². The molecule has 3 aromatic carbocycles. The van der Waals surface area contributed by atoms with E-state index in [2.05, 4.69) is 51.4 Å². The Balaban J connectivity index is 0.000000375. The zero-order valence-corrected chi connectivity index (χ0v) is 43.4. The molecule has 0 bridgehead atoms. The molecule has 3 aliphatic rings. The fourth-order valence-corrected chi connectivity index (χ4v) is 8.38. The lowest BCUT2D eigenvalue weighted by Crippen LogP contribution is -2.33. The number of nitrogens with zero attached hydrogens (tertiary/aromatic N) is 3. The molecule has 3 N–H and O–H groups in total. The number of aryl methyl sites for hydroxylation is 3. The summed E-state index contributed by atoms with van der Waals surface area (Å²) in [4.78, 5) is 13.3. The molecule has 3 heterocycles. The molecule has 3 aliphatic heterocycles. The molecule has 0 spiro atoms. The summed E-state index contributed by atoms with van der Waals surface area (Å²) >= 11 is 0. The van der Waals surface area contributed by atoms with Gasteiger partial charge in [-0.2, -0.15) is 0 Å².